The van der Waals surface area contributed by atoms with Crippen LogP contribution in [0.15, 0.2) is 36.7 Å². The molecule has 7 heteroatoms. The lowest BCUT2D eigenvalue weighted by atomic mass is 9.66. The largest absolute Gasteiger partial charge is 0.481 e. The minimum atomic E-state index is -0.883. The molecule has 0 unspecified atom stereocenters. The maximum Gasteiger partial charge on any atom is 0.310 e. The van der Waals surface area contributed by atoms with Gasteiger partial charge in [-0.1, -0.05) is 24.6 Å². The molecule has 1 saturated carbocycles. The lowest BCUT2D eigenvalue weighted by Gasteiger charge is -2.36. The van der Waals surface area contributed by atoms with Gasteiger partial charge in [-0.2, -0.15) is 0 Å². The molecule has 2 N–H and O–H groups in total. The summed E-state index contributed by atoms with van der Waals surface area (Å²) >= 11 is 0. The van der Waals surface area contributed by atoms with Crippen LogP contribution >= 0.6 is 0 Å². The number of nitrogens with one attached hydrogen (secondary N) is 1. The van der Waals surface area contributed by atoms with Crippen molar-refractivity contribution < 1.29 is 14.7 Å². The van der Waals surface area contributed by atoms with E-state index in [0.717, 1.165) is 12.1 Å². The minimum absolute atomic E-state index is 0.0157. The lowest BCUT2D eigenvalue weighted by molar-refractivity contribution is -0.157. The van der Waals surface area contributed by atoms with Crippen molar-refractivity contribution in [3.63, 3.8) is 0 Å². The van der Waals surface area contributed by atoms with Crippen molar-refractivity contribution in [1.29, 1.82) is 0 Å². The molecule has 1 fully saturated rings. The molecule has 1 aromatic carbocycles. The summed E-state index contributed by atoms with van der Waals surface area (Å²) in [5, 5.41) is 19.9. The molecule has 1 aromatic heterocycles. The van der Waals surface area contributed by atoms with Gasteiger partial charge in [0.15, 0.2) is 5.82 Å². The van der Waals surface area contributed by atoms with Gasteiger partial charge in [-0.25, -0.2) is 0 Å². The van der Waals surface area contributed by atoms with Crippen LogP contribution in [-0.4, -0.2) is 31.7 Å². The molecule has 0 spiro atoms. The van der Waals surface area contributed by atoms with E-state index in [4.69, 9.17) is 0 Å². The average Bonchev–Trinajstić information content (AvgIpc) is 2.98. The number of benzene rings is 1. The van der Waals surface area contributed by atoms with Crippen LogP contribution in [-0.2, 0) is 16.1 Å². The molecule has 1 aliphatic rings. The topological polar surface area (TPSA) is 97.1 Å². The number of aromatic nitrogens is 3. The first kappa shape index (κ1) is 15.2. The molecule has 0 atom stereocenters. The molecule has 2 aromatic rings. The Balaban J connectivity index is 1.62. The number of carboxylic acids is 1. The van der Waals surface area contributed by atoms with Gasteiger partial charge in [0.2, 0.25) is 5.91 Å². The summed E-state index contributed by atoms with van der Waals surface area (Å²) in [6.07, 6.45) is 3.59. The van der Waals surface area contributed by atoms with Crippen LogP contribution in [0.5, 0.6) is 0 Å². The fourth-order valence-electron chi connectivity index (χ4n) is 2.80. The lowest BCUT2D eigenvalue weighted by Crippen LogP contribution is -2.42. The zero-order chi connectivity index (χ0) is 16.3. The van der Waals surface area contributed by atoms with Crippen LogP contribution < -0.4 is 5.32 Å². The summed E-state index contributed by atoms with van der Waals surface area (Å²) in [4.78, 5) is 23.4. The highest BCUT2D eigenvalue weighted by Crippen LogP contribution is 2.44. The Hall–Kier alpha value is -2.70. The fourth-order valence-corrected chi connectivity index (χ4v) is 2.80. The standard InChI is InChI=1S/C16H18N4O3/c21-14(9-16(15(22)23)7-4-8-16)17-10-13-19-18-11-20(13)12-5-2-1-3-6-12/h1-3,5-6,11H,4,7-10H2,(H,17,21)(H,22,23). The fraction of sp³-hybridized carbons (Fsp3) is 0.375. The van der Waals surface area contributed by atoms with Gasteiger partial charge in [-0.3, -0.25) is 14.2 Å². The SMILES string of the molecule is O=C(CC1(C(=O)O)CCC1)NCc1nncn1-c1ccccc1. The Labute approximate surface area is 133 Å². The number of rotatable bonds is 6. The number of carbonyl (C=O) groups is 2. The van der Waals surface area contributed by atoms with Crippen LogP contribution in [0, 0.1) is 5.41 Å². The van der Waals surface area contributed by atoms with Gasteiger partial charge < -0.3 is 10.4 Å². The molecule has 1 aliphatic carbocycles. The zero-order valence-electron chi connectivity index (χ0n) is 12.6. The predicted molar refractivity (Wildman–Crippen MR) is 81.7 cm³/mol. The molecule has 1 heterocycles. The van der Waals surface area contributed by atoms with Crippen molar-refractivity contribution in [1.82, 2.24) is 20.1 Å². The van der Waals surface area contributed by atoms with Crippen molar-refractivity contribution >= 4 is 11.9 Å². The highest BCUT2D eigenvalue weighted by molar-refractivity contribution is 5.85. The molecule has 0 saturated heterocycles. The molecule has 0 radical (unpaired) electrons. The van der Waals surface area contributed by atoms with Gasteiger partial charge in [0.25, 0.3) is 0 Å². The van der Waals surface area contributed by atoms with Gasteiger partial charge in [0.05, 0.1) is 12.0 Å². The first-order chi connectivity index (χ1) is 11.1. The molecule has 1 amide bonds. The van der Waals surface area contributed by atoms with E-state index >= 15 is 0 Å². The second-order valence-electron chi connectivity index (χ2n) is 5.85. The summed E-state index contributed by atoms with van der Waals surface area (Å²) in [5.74, 6) is -0.552. The smallest absolute Gasteiger partial charge is 0.310 e. The van der Waals surface area contributed by atoms with Crippen molar-refractivity contribution in [3.8, 4) is 5.69 Å². The number of para-hydroxylation sites is 1. The number of nitrogens with zero attached hydrogens (tertiary/aromatic N) is 3. The van der Waals surface area contributed by atoms with Gasteiger partial charge in [-0.15, -0.1) is 10.2 Å². The number of hydrogen-bond acceptors (Lipinski definition) is 4. The normalized spacial score (nSPS) is 15.7. The van der Waals surface area contributed by atoms with Crippen molar-refractivity contribution in [2.75, 3.05) is 0 Å². The summed E-state index contributed by atoms with van der Waals surface area (Å²) in [6.45, 7) is 0.212. The predicted octanol–water partition coefficient (Wildman–Crippen LogP) is 1.53. The van der Waals surface area contributed by atoms with Gasteiger partial charge in [0.1, 0.15) is 6.33 Å². The monoisotopic (exact) mass is 314 g/mol. The van der Waals surface area contributed by atoms with Gasteiger partial charge >= 0.3 is 5.97 Å². The molecule has 120 valence electrons. The molecule has 3 rings (SSSR count). The summed E-state index contributed by atoms with van der Waals surface area (Å²) in [6, 6.07) is 9.57. The molecule has 0 aliphatic heterocycles. The quantitative estimate of drug-likeness (QED) is 0.842. The first-order valence-electron chi connectivity index (χ1n) is 7.55. The maximum atomic E-state index is 12.1. The number of hydrogen-bond donors (Lipinski definition) is 2. The van der Waals surface area contributed by atoms with Crippen LogP contribution in [0.25, 0.3) is 5.69 Å². The number of carbonyl (C=O) groups excluding carboxylic acids is 1. The van der Waals surface area contributed by atoms with E-state index in [2.05, 4.69) is 15.5 Å². The third-order valence-corrected chi connectivity index (χ3v) is 4.36. The highest BCUT2D eigenvalue weighted by Gasteiger charge is 2.45. The Bertz CT molecular complexity index is 707. The van der Waals surface area contributed by atoms with E-state index in [1.54, 1.807) is 10.9 Å². The van der Waals surface area contributed by atoms with Crippen LogP contribution in [0.2, 0.25) is 0 Å². The highest BCUT2D eigenvalue weighted by atomic mass is 16.4. The van der Waals surface area contributed by atoms with E-state index in [1.807, 2.05) is 30.3 Å². The van der Waals surface area contributed by atoms with Crippen molar-refractivity contribution in [3.05, 3.63) is 42.5 Å². The van der Waals surface area contributed by atoms with E-state index in [0.29, 0.717) is 18.7 Å². The zero-order valence-corrected chi connectivity index (χ0v) is 12.6. The van der Waals surface area contributed by atoms with Crippen molar-refractivity contribution in [2.45, 2.75) is 32.2 Å². The maximum absolute atomic E-state index is 12.1. The average molecular weight is 314 g/mol. The third-order valence-electron chi connectivity index (χ3n) is 4.36. The number of amides is 1. The van der Waals surface area contributed by atoms with Crippen LogP contribution in [0.3, 0.4) is 0 Å². The van der Waals surface area contributed by atoms with E-state index in [-0.39, 0.29) is 18.9 Å². The molecular weight excluding hydrogens is 296 g/mol. The second kappa shape index (κ2) is 6.20. The molecule has 23 heavy (non-hydrogen) atoms. The second-order valence-corrected chi connectivity index (χ2v) is 5.85. The van der Waals surface area contributed by atoms with Crippen LogP contribution in [0.4, 0.5) is 0 Å². The van der Waals surface area contributed by atoms with Crippen molar-refractivity contribution in [2.24, 2.45) is 5.41 Å². The van der Waals surface area contributed by atoms with E-state index in [1.165, 1.54) is 0 Å². The molecule has 0 bridgehead atoms. The molecular formula is C16H18N4O3. The Morgan fingerprint density at radius 2 is 2.00 bits per heavy atom. The van der Waals surface area contributed by atoms with E-state index in [9.17, 15) is 14.7 Å². The minimum Gasteiger partial charge on any atom is -0.481 e. The summed E-state index contributed by atoms with van der Waals surface area (Å²) in [5.41, 5.74) is 0.0275. The molecule has 7 nitrogen and oxygen atoms in total. The van der Waals surface area contributed by atoms with Crippen LogP contribution in [0.1, 0.15) is 31.5 Å². The summed E-state index contributed by atoms with van der Waals surface area (Å²) in [7, 11) is 0. The Morgan fingerprint density at radius 1 is 1.26 bits per heavy atom. The Kier molecular flexibility index (Phi) is 4.10. The van der Waals surface area contributed by atoms with E-state index < -0.39 is 11.4 Å². The van der Waals surface area contributed by atoms with Gasteiger partial charge in [0, 0.05) is 12.1 Å². The number of carboxylic acid groups (broad SMARTS) is 1. The Morgan fingerprint density at radius 3 is 2.61 bits per heavy atom. The first-order valence-corrected chi connectivity index (χ1v) is 7.55. The summed E-state index contributed by atoms with van der Waals surface area (Å²) < 4.78 is 1.79. The number of aliphatic carboxylic acids is 1. The third kappa shape index (κ3) is 3.08. The van der Waals surface area contributed by atoms with Gasteiger partial charge in [-0.05, 0) is 25.0 Å².